The summed E-state index contributed by atoms with van der Waals surface area (Å²) in [5.74, 6) is 0.817. The minimum absolute atomic E-state index is 0. The molecule has 2 aromatic heterocycles. The van der Waals surface area contributed by atoms with Gasteiger partial charge in [-0.2, -0.15) is 0 Å². The summed E-state index contributed by atoms with van der Waals surface area (Å²) >= 11 is 1.71. The number of pyridine rings is 1. The number of rotatable bonds is 7. The summed E-state index contributed by atoms with van der Waals surface area (Å²) in [7, 11) is 0. The molecule has 2 aromatic rings. The van der Waals surface area contributed by atoms with Crippen LogP contribution in [0.2, 0.25) is 0 Å². The van der Waals surface area contributed by atoms with Crippen molar-refractivity contribution in [3.05, 3.63) is 46.3 Å². The van der Waals surface area contributed by atoms with Crippen molar-refractivity contribution in [3.63, 3.8) is 0 Å². The van der Waals surface area contributed by atoms with Gasteiger partial charge in [0.2, 0.25) is 5.91 Å². The maximum absolute atomic E-state index is 11.8. The van der Waals surface area contributed by atoms with Gasteiger partial charge in [-0.15, -0.1) is 35.3 Å². The van der Waals surface area contributed by atoms with E-state index in [9.17, 15) is 4.79 Å². The van der Waals surface area contributed by atoms with E-state index in [1.165, 1.54) is 4.88 Å². The Morgan fingerprint density at radius 1 is 1.33 bits per heavy atom. The third kappa shape index (κ3) is 7.73. The molecule has 24 heavy (non-hydrogen) atoms. The lowest BCUT2D eigenvalue weighted by atomic mass is 10.3. The lowest BCUT2D eigenvalue weighted by Gasteiger charge is -2.07. The predicted molar refractivity (Wildman–Crippen MR) is 110 cm³/mol. The zero-order valence-corrected chi connectivity index (χ0v) is 16.6. The van der Waals surface area contributed by atoms with Gasteiger partial charge in [-0.1, -0.05) is 12.1 Å². The minimum Gasteiger partial charge on any atom is -0.370 e. The Morgan fingerprint density at radius 2 is 2.17 bits per heavy atom. The van der Waals surface area contributed by atoms with Gasteiger partial charge in [0.25, 0.3) is 0 Å². The number of aromatic nitrogens is 1. The number of aliphatic imine (C=N–C) groups is 1. The van der Waals surface area contributed by atoms with Gasteiger partial charge in [0, 0.05) is 36.5 Å². The highest BCUT2D eigenvalue weighted by Crippen LogP contribution is 2.08. The number of nitrogens with two attached hydrogens (primary N) is 1. The van der Waals surface area contributed by atoms with E-state index in [1.54, 1.807) is 17.4 Å². The molecule has 8 heteroatoms. The number of aryl methyl sites for hydroxylation is 1. The van der Waals surface area contributed by atoms with Gasteiger partial charge in [0.15, 0.2) is 5.96 Å². The number of nitrogens with one attached hydrogen (secondary N) is 2. The summed E-state index contributed by atoms with van der Waals surface area (Å²) in [5.41, 5.74) is 6.63. The zero-order chi connectivity index (χ0) is 16.5. The smallest absolute Gasteiger partial charge is 0.227 e. The first kappa shape index (κ1) is 20.4. The molecule has 0 radical (unpaired) electrons. The van der Waals surface area contributed by atoms with Crippen molar-refractivity contribution in [3.8, 4) is 0 Å². The zero-order valence-electron chi connectivity index (χ0n) is 13.5. The van der Waals surface area contributed by atoms with Crippen molar-refractivity contribution in [1.29, 1.82) is 0 Å². The highest BCUT2D eigenvalue weighted by molar-refractivity contribution is 14.0. The first-order valence-electron chi connectivity index (χ1n) is 7.43. The van der Waals surface area contributed by atoms with Crippen LogP contribution in [-0.4, -0.2) is 29.9 Å². The van der Waals surface area contributed by atoms with Crippen LogP contribution in [0.3, 0.4) is 0 Å². The van der Waals surface area contributed by atoms with E-state index < -0.39 is 0 Å². The highest BCUT2D eigenvalue weighted by atomic mass is 127. The summed E-state index contributed by atoms with van der Waals surface area (Å²) in [5, 5.41) is 7.73. The molecule has 0 saturated heterocycles. The van der Waals surface area contributed by atoms with Crippen LogP contribution in [0.15, 0.2) is 40.7 Å². The van der Waals surface area contributed by atoms with Crippen molar-refractivity contribution >= 4 is 53.0 Å². The van der Waals surface area contributed by atoms with E-state index in [2.05, 4.69) is 26.7 Å². The largest absolute Gasteiger partial charge is 0.370 e. The molecule has 0 atom stereocenters. The predicted octanol–water partition coefficient (Wildman–Crippen LogP) is 2.55. The molecule has 4 N–H and O–H groups in total. The molecule has 0 saturated carbocycles. The number of carbonyl (C=O) groups excluding carboxylic acids is 1. The summed E-state index contributed by atoms with van der Waals surface area (Å²) in [6.07, 6.45) is 1.18. The van der Waals surface area contributed by atoms with E-state index in [-0.39, 0.29) is 29.9 Å². The van der Waals surface area contributed by atoms with E-state index in [0.717, 1.165) is 12.1 Å². The van der Waals surface area contributed by atoms with Crippen LogP contribution in [0.1, 0.15) is 17.0 Å². The number of hydrogen-bond donors (Lipinski definition) is 3. The molecule has 1 amide bonds. The Labute approximate surface area is 163 Å². The molecule has 0 aromatic carbocycles. The fourth-order valence-electron chi connectivity index (χ4n) is 1.92. The molecule has 0 aliphatic heterocycles. The lowest BCUT2D eigenvalue weighted by Crippen LogP contribution is -2.34. The Balaban J connectivity index is 0.00000288. The molecule has 6 nitrogen and oxygen atoms in total. The van der Waals surface area contributed by atoms with Crippen molar-refractivity contribution < 1.29 is 4.79 Å². The molecule has 0 unspecified atom stereocenters. The highest BCUT2D eigenvalue weighted by Gasteiger charge is 2.03. The summed E-state index contributed by atoms with van der Waals surface area (Å²) in [6, 6.07) is 9.60. The summed E-state index contributed by atoms with van der Waals surface area (Å²) < 4.78 is 0. The Hall–Kier alpha value is -1.68. The van der Waals surface area contributed by atoms with Gasteiger partial charge in [-0.05, 0) is 30.5 Å². The van der Waals surface area contributed by atoms with Gasteiger partial charge in [0.1, 0.15) is 5.82 Å². The maximum Gasteiger partial charge on any atom is 0.227 e. The van der Waals surface area contributed by atoms with Crippen molar-refractivity contribution in [2.75, 3.05) is 18.4 Å². The van der Waals surface area contributed by atoms with E-state index in [0.29, 0.717) is 31.3 Å². The Bertz CT molecular complexity index is 660. The first-order chi connectivity index (χ1) is 11.1. The Morgan fingerprint density at radius 3 is 2.88 bits per heavy atom. The third-order valence-electron chi connectivity index (χ3n) is 3.03. The SMILES string of the molecule is Cc1cccc(NC(=O)CCNC(N)=NCCc2cccs2)n1.I. The molecule has 0 aliphatic rings. The molecule has 130 valence electrons. The molecule has 0 bridgehead atoms. The number of guanidine groups is 1. The molecule has 0 spiro atoms. The quantitative estimate of drug-likeness (QED) is 0.337. The third-order valence-corrected chi connectivity index (χ3v) is 3.97. The van der Waals surface area contributed by atoms with Crippen molar-refractivity contribution in [1.82, 2.24) is 10.3 Å². The number of hydrogen-bond acceptors (Lipinski definition) is 4. The Kier molecular flexibility index (Phi) is 9.31. The number of amides is 1. The number of thiophene rings is 1. The van der Waals surface area contributed by atoms with Crippen molar-refractivity contribution in [2.45, 2.75) is 19.8 Å². The monoisotopic (exact) mass is 459 g/mol. The van der Waals surface area contributed by atoms with Gasteiger partial charge in [-0.25, -0.2) is 4.98 Å². The number of halogens is 1. The molecular formula is C16H22IN5OS. The van der Waals surface area contributed by atoms with Crippen LogP contribution in [0.5, 0.6) is 0 Å². The molecule has 2 rings (SSSR count). The second-order valence-corrected chi connectivity index (χ2v) is 6.02. The van der Waals surface area contributed by atoms with Crippen LogP contribution < -0.4 is 16.4 Å². The standard InChI is InChI=1S/C16H21N5OS.HI/c1-12-4-2-6-14(20-12)21-15(22)8-10-19-16(17)18-9-7-13-5-3-11-23-13;/h2-6,11H,7-10H2,1H3,(H3,17,18,19)(H,20,21,22);1H. The topological polar surface area (TPSA) is 92.4 Å². The van der Waals surface area contributed by atoms with E-state index in [4.69, 9.17) is 5.73 Å². The second-order valence-electron chi connectivity index (χ2n) is 4.99. The van der Waals surface area contributed by atoms with Crippen LogP contribution in [0.4, 0.5) is 5.82 Å². The fourth-order valence-corrected chi connectivity index (χ4v) is 2.62. The lowest BCUT2D eigenvalue weighted by molar-refractivity contribution is -0.116. The summed E-state index contributed by atoms with van der Waals surface area (Å²) in [4.78, 5) is 21.5. The van der Waals surface area contributed by atoms with Gasteiger partial charge >= 0.3 is 0 Å². The molecule has 0 aliphatic carbocycles. The molecule has 0 fully saturated rings. The number of anilines is 1. The number of carbonyl (C=O) groups is 1. The van der Waals surface area contributed by atoms with Crippen LogP contribution in [-0.2, 0) is 11.2 Å². The average molecular weight is 459 g/mol. The fraction of sp³-hybridized carbons (Fsp3) is 0.312. The molecule has 2 heterocycles. The van der Waals surface area contributed by atoms with Gasteiger partial charge in [-0.3, -0.25) is 9.79 Å². The summed E-state index contributed by atoms with van der Waals surface area (Å²) in [6.45, 7) is 2.95. The van der Waals surface area contributed by atoms with Gasteiger partial charge < -0.3 is 16.4 Å². The van der Waals surface area contributed by atoms with Crippen LogP contribution in [0, 0.1) is 6.92 Å². The number of nitrogens with zero attached hydrogens (tertiary/aromatic N) is 2. The normalized spacial score (nSPS) is 10.8. The van der Waals surface area contributed by atoms with Crippen LogP contribution >= 0.6 is 35.3 Å². The van der Waals surface area contributed by atoms with Gasteiger partial charge in [0.05, 0.1) is 0 Å². The maximum atomic E-state index is 11.8. The molecular weight excluding hydrogens is 437 g/mol. The van der Waals surface area contributed by atoms with Crippen LogP contribution in [0.25, 0.3) is 0 Å². The second kappa shape index (κ2) is 11.0. The van der Waals surface area contributed by atoms with Crippen molar-refractivity contribution in [2.24, 2.45) is 10.7 Å². The van der Waals surface area contributed by atoms with E-state index >= 15 is 0 Å². The minimum atomic E-state index is -0.109. The van der Waals surface area contributed by atoms with E-state index in [1.807, 2.05) is 30.5 Å². The average Bonchev–Trinajstić information content (AvgIpc) is 3.00. The first-order valence-corrected chi connectivity index (χ1v) is 8.31.